The van der Waals surface area contributed by atoms with Gasteiger partial charge in [-0.2, -0.15) is 0 Å². The van der Waals surface area contributed by atoms with E-state index in [4.69, 9.17) is 4.74 Å². The first-order valence-electron chi connectivity index (χ1n) is 10.4. The van der Waals surface area contributed by atoms with Crippen molar-refractivity contribution in [3.8, 4) is 5.75 Å². The molecule has 0 bridgehead atoms. The van der Waals surface area contributed by atoms with Gasteiger partial charge in [-0.05, 0) is 30.5 Å². The zero-order valence-corrected chi connectivity index (χ0v) is 19.3. The van der Waals surface area contributed by atoms with Crippen molar-refractivity contribution in [3.63, 3.8) is 0 Å². The van der Waals surface area contributed by atoms with Gasteiger partial charge < -0.3 is 9.30 Å². The lowest BCUT2D eigenvalue weighted by atomic mass is 9.90. The third-order valence-corrected chi connectivity index (χ3v) is 7.44. The molecule has 2 aromatic heterocycles. The van der Waals surface area contributed by atoms with Gasteiger partial charge in [0.2, 0.25) is 11.0 Å². The lowest BCUT2D eigenvalue weighted by Gasteiger charge is -2.18. The number of anilines is 1. The van der Waals surface area contributed by atoms with E-state index in [9.17, 15) is 4.79 Å². The number of rotatable bonds is 8. The Morgan fingerprint density at radius 2 is 1.94 bits per heavy atom. The minimum atomic E-state index is -0.115. The van der Waals surface area contributed by atoms with Crippen LogP contribution in [0.5, 0.6) is 5.75 Å². The fraction of sp³-hybridized carbons (Fsp3) is 0.476. The summed E-state index contributed by atoms with van der Waals surface area (Å²) in [6, 6.07) is 7.88. The number of amides is 1. The van der Waals surface area contributed by atoms with Gasteiger partial charge in [-0.1, -0.05) is 54.5 Å². The van der Waals surface area contributed by atoms with Gasteiger partial charge in [0.05, 0.1) is 12.9 Å². The standard InChI is InChI=1S/C21H26N6O2S2/c1-27-17(12-14-8-10-16(29-2)11-9-14)23-26-21(27)30-13-18(28)22-20-25-24-19(31-20)15-6-4-3-5-7-15/h8-11,15H,3-7,12-13H2,1-2H3,(H,22,25,28). The van der Waals surface area contributed by atoms with E-state index < -0.39 is 0 Å². The van der Waals surface area contributed by atoms with Crippen molar-refractivity contribution in [2.24, 2.45) is 7.05 Å². The third-order valence-electron chi connectivity index (χ3n) is 5.42. The third kappa shape index (κ3) is 5.62. The van der Waals surface area contributed by atoms with Gasteiger partial charge in [0.1, 0.15) is 16.6 Å². The van der Waals surface area contributed by atoms with E-state index in [0.717, 1.165) is 22.1 Å². The van der Waals surface area contributed by atoms with Crippen molar-refractivity contribution in [2.75, 3.05) is 18.2 Å². The first-order valence-corrected chi connectivity index (χ1v) is 12.2. The van der Waals surface area contributed by atoms with Crippen molar-refractivity contribution < 1.29 is 9.53 Å². The maximum atomic E-state index is 12.4. The van der Waals surface area contributed by atoms with Gasteiger partial charge in [0.25, 0.3) is 0 Å². The van der Waals surface area contributed by atoms with Crippen molar-refractivity contribution in [1.29, 1.82) is 0 Å². The number of thioether (sulfide) groups is 1. The predicted molar refractivity (Wildman–Crippen MR) is 122 cm³/mol. The molecule has 0 spiro atoms. The molecule has 1 aliphatic carbocycles. The second-order valence-electron chi connectivity index (χ2n) is 7.60. The molecule has 1 aromatic carbocycles. The minimum Gasteiger partial charge on any atom is -0.497 e. The maximum absolute atomic E-state index is 12.4. The molecule has 0 radical (unpaired) electrons. The summed E-state index contributed by atoms with van der Waals surface area (Å²) in [5.74, 6) is 2.29. The second-order valence-corrected chi connectivity index (χ2v) is 9.55. The fourth-order valence-electron chi connectivity index (χ4n) is 3.64. The Labute approximate surface area is 189 Å². The highest BCUT2D eigenvalue weighted by atomic mass is 32.2. The molecule has 0 aliphatic heterocycles. The van der Waals surface area contributed by atoms with Crippen molar-refractivity contribution in [2.45, 2.75) is 49.6 Å². The number of ether oxygens (including phenoxy) is 1. The molecule has 164 valence electrons. The van der Waals surface area contributed by atoms with Crippen LogP contribution in [0.25, 0.3) is 0 Å². The Hall–Kier alpha value is -2.46. The lowest BCUT2D eigenvalue weighted by Crippen LogP contribution is -2.14. The Balaban J connectivity index is 1.29. The predicted octanol–water partition coefficient (Wildman–Crippen LogP) is 4.04. The molecule has 1 aliphatic rings. The Bertz CT molecular complexity index is 1010. The van der Waals surface area contributed by atoms with Gasteiger partial charge in [0, 0.05) is 19.4 Å². The van der Waals surface area contributed by atoms with E-state index in [2.05, 4.69) is 25.7 Å². The summed E-state index contributed by atoms with van der Waals surface area (Å²) in [6.45, 7) is 0. The summed E-state index contributed by atoms with van der Waals surface area (Å²) < 4.78 is 7.12. The topological polar surface area (TPSA) is 94.8 Å². The highest BCUT2D eigenvalue weighted by Gasteiger charge is 2.20. The number of nitrogens with zero attached hydrogens (tertiary/aromatic N) is 5. The average molecular weight is 459 g/mol. The number of benzene rings is 1. The first kappa shape index (κ1) is 21.8. The Morgan fingerprint density at radius 3 is 2.68 bits per heavy atom. The van der Waals surface area contributed by atoms with Crippen LogP contribution in [0.2, 0.25) is 0 Å². The molecule has 0 unspecified atom stereocenters. The molecule has 2 heterocycles. The fourth-order valence-corrected chi connectivity index (χ4v) is 5.29. The number of hydrogen-bond donors (Lipinski definition) is 1. The Kier molecular flexibility index (Phi) is 7.18. The molecular weight excluding hydrogens is 432 g/mol. The molecule has 8 nitrogen and oxygen atoms in total. The van der Waals surface area contributed by atoms with Crippen LogP contribution in [0.1, 0.15) is 54.4 Å². The molecule has 1 fully saturated rings. The molecule has 1 saturated carbocycles. The van der Waals surface area contributed by atoms with E-state index in [0.29, 0.717) is 22.6 Å². The van der Waals surface area contributed by atoms with Gasteiger partial charge in [0.15, 0.2) is 5.16 Å². The lowest BCUT2D eigenvalue weighted by molar-refractivity contribution is -0.113. The molecule has 0 saturated heterocycles. The Morgan fingerprint density at radius 1 is 1.16 bits per heavy atom. The first-order chi connectivity index (χ1) is 15.1. The number of carbonyl (C=O) groups is 1. The van der Waals surface area contributed by atoms with Gasteiger partial charge in [-0.3, -0.25) is 10.1 Å². The second kappa shape index (κ2) is 10.2. The highest BCUT2D eigenvalue weighted by Crippen LogP contribution is 2.35. The monoisotopic (exact) mass is 458 g/mol. The van der Waals surface area contributed by atoms with Gasteiger partial charge >= 0.3 is 0 Å². The van der Waals surface area contributed by atoms with Crippen LogP contribution in [-0.2, 0) is 18.3 Å². The normalized spacial score (nSPS) is 14.5. The van der Waals surface area contributed by atoms with E-state index in [1.807, 2.05) is 35.9 Å². The zero-order valence-electron chi connectivity index (χ0n) is 17.7. The van der Waals surface area contributed by atoms with Crippen molar-refractivity contribution >= 4 is 34.1 Å². The van der Waals surface area contributed by atoms with E-state index >= 15 is 0 Å². The van der Waals surface area contributed by atoms with Crippen LogP contribution in [-0.4, -0.2) is 43.7 Å². The zero-order chi connectivity index (χ0) is 21.6. The van der Waals surface area contributed by atoms with Crippen LogP contribution in [0.4, 0.5) is 5.13 Å². The van der Waals surface area contributed by atoms with Crippen LogP contribution in [0.15, 0.2) is 29.4 Å². The molecule has 10 heteroatoms. The molecule has 1 N–H and O–H groups in total. The maximum Gasteiger partial charge on any atom is 0.236 e. The van der Waals surface area contributed by atoms with Crippen LogP contribution in [0, 0.1) is 0 Å². The van der Waals surface area contributed by atoms with Gasteiger partial charge in [-0.25, -0.2) is 0 Å². The van der Waals surface area contributed by atoms with E-state index in [1.165, 1.54) is 55.2 Å². The number of methoxy groups -OCH3 is 1. The summed E-state index contributed by atoms with van der Waals surface area (Å²) in [6.07, 6.45) is 6.81. The highest BCUT2D eigenvalue weighted by molar-refractivity contribution is 7.99. The molecule has 3 aromatic rings. The van der Waals surface area contributed by atoms with Crippen LogP contribution in [0.3, 0.4) is 0 Å². The van der Waals surface area contributed by atoms with Crippen molar-refractivity contribution in [1.82, 2.24) is 25.0 Å². The molecule has 1 amide bonds. The quantitative estimate of drug-likeness (QED) is 0.509. The van der Waals surface area contributed by atoms with Crippen molar-refractivity contribution in [3.05, 3.63) is 40.7 Å². The largest absolute Gasteiger partial charge is 0.497 e. The number of nitrogens with one attached hydrogen (secondary N) is 1. The van der Waals surface area contributed by atoms with Crippen LogP contribution >= 0.6 is 23.1 Å². The number of aromatic nitrogens is 5. The average Bonchev–Trinajstić information content (AvgIpc) is 3.40. The summed E-state index contributed by atoms with van der Waals surface area (Å²) in [4.78, 5) is 12.4. The molecular formula is C21H26N6O2S2. The summed E-state index contributed by atoms with van der Waals surface area (Å²) >= 11 is 2.86. The van der Waals surface area contributed by atoms with E-state index in [-0.39, 0.29) is 11.7 Å². The molecule has 0 atom stereocenters. The van der Waals surface area contributed by atoms with Gasteiger partial charge in [-0.15, -0.1) is 20.4 Å². The summed E-state index contributed by atoms with van der Waals surface area (Å²) in [5, 5.41) is 22.1. The number of hydrogen-bond acceptors (Lipinski definition) is 8. The SMILES string of the molecule is COc1ccc(Cc2nnc(SCC(=O)Nc3nnc(C4CCCCC4)s3)n2C)cc1. The minimum absolute atomic E-state index is 0.115. The van der Waals surface area contributed by atoms with Crippen LogP contribution < -0.4 is 10.1 Å². The molecule has 31 heavy (non-hydrogen) atoms. The van der Waals surface area contributed by atoms with E-state index in [1.54, 1.807) is 7.11 Å². The molecule has 4 rings (SSSR count). The smallest absolute Gasteiger partial charge is 0.236 e. The summed E-state index contributed by atoms with van der Waals surface area (Å²) in [5.41, 5.74) is 1.12. The summed E-state index contributed by atoms with van der Waals surface area (Å²) in [7, 11) is 3.57. The number of carbonyl (C=O) groups excluding carboxylic acids is 1.